The van der Waals surface area contributed by atoms with Crippen LogP contribution in [0.5, 0.6) is 0 Å². The third-order valence-electron chi connectivity index (χ3n) is 2.70. The number of aromatic nitrogens is 1. The van der Waals surface area contributed by atoms with Crippen LogP contribution < -0.4 is 10.5 Å². The van der Waals surface area contributed by atoms with Gasteiger partial charge < -0.3 is 10.1 Å². The number of sulfonamides is 1. The SMILES string of the molecule is Cc1nc(NC(=O)CC2CCCO2)sc1S(N)(=O)=O. The maximum atomic E-state index is 11.7. The van der Waals surface area contributed by atoms with E-state index in [2.05, 4.69) is 10.3 Å². The molecule has 9 heteroatoms. The molecule has 106 valence electrons. The van der Waals surface area contributed by atoms with Gasteiger partial charge in [0.1, 0.15) is 0 Å². The number of rotatable bonds is 4. The van der Waals surface area contributed by atoms with Gasteiger partial charge in [-0.05, 0) is 19.8 Å². The van der Waals surface area contributed by atoms with Gasteiger partial charge in [0.25, 0.3) is 0 Å². The number of aryl methyl sites for hydroxylation is 1. The minimum atomic E-state index is -3.79. The van der Waals surface area contributed by atoms with E-state index in [9.17, 15) is 13.2 Å². The van der Waals surface area contributed by atoms with Gasteiger partial charge in [0.15, 0.2) is 9.34 Å². The van der Waals surface area contributed by atoms with Gasteiger partial charge in [0, 0.05) is 6.61 Å². The molecular formula is C10H15N3O4S2. The van der Waals surface area contributed by atoms with E-state index in [0.29, 0.717) is 12.3 Å². The number of hydrogen-bond acceptors (Lipinski definition) is 6. The van der Waals surface area contributed by atoms with Crippen molar-refractivity contribution < 1.29 is 17.9 Å². The van der Waals surface area contributed by atoms with Crippen LogP contribution in [-0.4, -0.2) is 32.0 Å². The summed E-state index contributed by atoms with van der Waals surface area (Å²) in [5.41, 5.74) is 0.292. The second kappa shape index (κ2) is 5.53. The smallest absolute Gasteiger partial charge is 0.249 e. The first-order valence-electron chi connectivity index (χ1n) is 5.78. The Balaban J connectivity index is 2.01. The van der Waals surface area contributed by atoms with Crippen molar-refractivity contribution in [2.45, 2.75) is 36.5 Å². The Hall–Kier alpha value is -1.03. The molecule has 0 aromatic carbocycles. The molecule has 0 radical (unpaired) electrons. The number of thiazole rings is 1. The van der Waals surface area contributed by atoms with Crippen molar-refractivity contribution in [3.05, 3.63) is 5.69 Å². The number of carbonyl (C=O) groups excluding carboxylic acids is 1. The number of anilines is 1. The number of nitrogens with one attached hydrogen (secondary N) is 1. The first kappa shape index (κ1) is 14.4. The van der Waals surface area contributed by atoms with Gasteiger partial charge in [0.2, 0.25) is 15.9 Å². The average molecular weight is 305 g/mol. The van der Waals surface area contributed by atoms with Crippen LogP contribution in [0.25, 0.3) is 0 Å². The predicted octanol–water partition coefficient (Wildman–Crippen LogP) is 0.607. The normalized spacial score (nSPS) is 19.6. The van der Waals surface area contributed by atoms with E-state index in [1.54, 1.807) is 0 Å². The van der Waals surface area contributed by atoms with Crippen molar-refractivity contribution in [2.24, 2.45) is 5.14 Å². The fraction of sp³-hybridized carbons (Fsp3) is 0.600. The minimum Gasteiger partial charge on any atom is -0.378 e. The molecule has 0 saturated carbocycles. The third-order valence-corrected chi connectivity index (χ3v) is 5.32. The van der Waals surface area contributed by atoms with Gasteiger partial charge in [0.05, 0.1) is 18.2 Å². The summed E-state index contributed by atoms with van der Waals surface area (Å²) in [7, 11) is -3.79. The molecule has 2 rings (SSSR count). The molecule has 1 fully saturated rings. The third kappa shape index (κ3) is 3.72. The lowest BCUT2D eigenvalue weighted by molar-refractivity contribution is -0.118. The number of hydrogen-bond donors (Lipinski definition) is 2. The summed E-state index contributed by atoms with van der Waals surface area (Å²) in [4.78, 5) is 15.7. The Bertz CT molecular complexity index is 576. The number of carbonyl (C=O) groups is 1. The Kier molecular flexibility index (Phi) is 4.19. The Labute approximate surface area is 115 Å². The van der Waals surface area contributed by atoms with Crippen LogP contribution in [0.4, 0.5) is 5.13 Å². The molecule has 1 atom stereocenters. The molecule has 19 heavy (non-hydrogen) atoms. The van der Waals surface area contributed by atoms with Gasteiger partial charge in [-0.15, -0.1) is 0 Å². The molecule has 0 bridgehead atoms. The zero-order valence-corrected chi connectivity index (χ0v) is 12.0. The number of ether oxygens (including phenoxy) is 1. The summed E-state index contributed by atoms with van der Waals surface area (Å²) in [5, 5.41) is 7.85. The van der Waals surface area contributed by atoms with E-state index >= 15 is 0 Å². The molecular weight excluding hydrogens is 290 g/mol. The Morgan fingerprint density at radius 1 is 1.63 bits per heavy atom. The molecule has 3 N–H and O–H groups in total. The molecule has 0 spiro atoms. The first-order chi connectivity index (χ1) is 8.86. The van der Waals surface area contributed by atoms with E-state index in [0.717, 1.165) is 24.2 Å². The standard InChI is InChI=1S/C10H15N3O4S2/c1-6-9(19(11,15)16)18-10(12-6)13-8(14)5-7-3-2-4-17-7/h7H,2-5H2,1H3,(H2,11,15,16)(H,12,13,14). The quantitative estimate of drug-likeness (QED) is 0.846. The van der Waals surface area contributed by atoms with Crippen LogP contribution in [0, 0.1) is 6.92 Å². The van der Waals surface area contributed by atoms with Crippen LogP contribution in [0.15, 0.2) is 4.21 Å². The molecule has 7 nitrogen and oxygen atoms in total. The van der Waals surface area contributed by atoms with E-state index in [4.69, 9.17) is 9.88 Å². The Morgan fingerprint density at radius 2 is 2.37 bits per heavy atom. The lowest BCUT2D eigenvalue weighted by Crippen LogP contribution is -2.19. The van der Waals surface area contributed by atoms with E-state index in [1.807, 2.05) is 0 Å². The highest BCUT2D eigenvalue weighted by Gasteiger charge is 2.22. The highest BCUT2D eigenvalue weighted by molar-refractivity contribution is 7.91. The average Bonchev–Trinajstić information content (AvgIpc) is 2.87. The lowest BCUT2D eigenvalue weighted by atomic mass is 10.2. The van der Waals surface area contributed by atoms with Crippen molar-refractivity contribution >= 4 is 32.4 Å². The van der Waals surface area contributed by atoms with Crippen LogP contribution in [-0.2, 0) is 19.6 Å². The maximum absolute atomic E-state index is 11.7. The molecule has 1 aromatic heterocycles. The fourth-order valence-electron chi connectivity index (χ4n) is 1.88. The van der Waals surface area contributed by atoms with Crippen LogP contribution in [0.1, 0.15) is 25.0 Å². The van der Waals surface area contributed by atoms with Crippen molar-refractivity contribution in [3.63, 3.8) is 0 Å². The zero-order valence-electron chi connectivity index (χ0n) is 10.4. The van der Waals surface area contributed by atoms with Gasteiger partial charge in [-0.2, -0.15) is 0 Å². The second-order valence-corrected chi connectivity index (χ2v) is 7.08. The highest BCUT2D eigenvalue weighted by Crippen LogP contribution is 2.26. The van der Waals surface area contributed by atoms with E-state index in [-0.39, 0.29) is 27.8 Å². The summed E-state index contributed by atoms with van der Waals surface area (Å²) in [6.07, 6.45) is 2.03. The number of nitrogens with two attached hydrogens (primary N) is 1. The number of nitrogens with zero attached hydrogens (tertiary/aromatic N) is 1. The van der Waals surface area contributed by atoms with E-state index < -0.39 is 10.0 Å². The van der Waals surface area contributed by atoms with Gasteiger partial charge in [-0.3, -0.25) is 4.79 Å². The van der Waals surface area contributed by atoms with Gasteiger partial charge >= 0.3 is 0 Å². The molecule has 1 aromatic rings. The molecule has 1 amide bonds. The second-order valence-electron chi connectivity index (χ2n) is 4.32. The van der Waals surface area contributed by atoms with Crippen molar-refractivity contribution in [1.82, 2.24) is 4.98 Å². The monoisotopic (exact) mass is 305 g/mol. The minimum absolute atomic E-state index is 0.0279. The summed E-state index contributed by atoms with van der Waals surface area (Å²) in [5.74, 6) is -0.235. The molecule has 1 saturated heterocycles. The summed E-state index contributed by atoms with van der Waals surface area (Å²) >= 11 is 0.856. The van der Waals surface area contributed by atoms with Crippen molar-refractivity contribution in [2.75, 3.05) is 11.9 Å². The molecule has 2 heterocycles. The summed E-state index contributed by atoms with van der Waals surface area (Å²) in [6, 6.07) is 0. The summed E-state index contributed by atoms with van der Waals surface area (Å²) < 4.78 is 27.8. The molecule has 1 aliphatic heterocycles. The largest absolute Gasteiger partial charge is 0.378 e. The molecule has 1 aliphatic rings. The number of amides is 1. The zero-order chi connectivity index (χ0) is 14.0. The van der Waals surface area contributed by atoms with Crippen LogP contribution in [0.3, 0.4) is 0 Å². The predicted molar refractivity (Wildman–Crippen MR) is 70.4 cm³/mol. The Morgan fingerprint density at radius 3 is 2.89 bits per heavy atom. The lowest BCUT2D eigenvalue weighted by Gasteiger charge is -2.07. The first-order valence-corrected chi connectivity index (χ1v) is 8.14. The van der Waals surface area contributed by atoms with Crippen molar-refractivity contribution in [1.29, 1.82) is 0 Å². The molecule has 1 unspecified atom stereocenters. The molecule has 0 aliphatic carbocycles. The van der Waals surface area contributed by atoms with Crippen molar-refractivity contribution in [3.8, 4) is 0 Å². The topological polar surface area (TPSA) is 111 Å². The maximum Gasteiger partial charge on any atom is 0.249 e. The fourth-order valence-corrected chi connectivity index (χ4v) is 3.76. The summed E-state index contributed by atoms with van der Waals surface area (Å²) in [6.45, 7) is 2.22. The van der Waals surface area contributed by atoms with Crippen LogP contribution >= 0.6 is 11.3 Å². The van der Waals surface area contributed by atoms with E-state index in [1.165, 1.54) is 6.92 Å². The van der Waals surface area contributed by atoms with Gasteiger partial charge in [-0.1, -0.05) is 11.3 Å². The van der Waals surface area contributed by atoms with Crippen LogP contribution in [0.2, 0.25) is 0 Å². The highest BCUT2D eigenvalue weighted by atomic mass is 32.2. The van der Waals surface area contributed by atoms with Gasteiger partial charge in [-0.25, -0.2) is 18.5 Å². The number of primary sulfonamides is 1.